The molecule has 1 aliphatic rings. The van der Waals surface area contributed by atoms with E-state index in [1.54, 1.807) is 24.3 Å². The number of likely N-dealkylation sites (tertiary alicyclic amines) is 1. The van der Waals surface area contributed by atoms with Crippen LogP contribution in [-0.4, -0.2) is 34.3 Å². The number of amides is 2. The number of alkyl halides is 3. The number of benzene rings is 2. The number of hydrogen-bond acceptors (Lipinski definition) is 3. The van der Waals surface area contributed by atoms with E-state index in [1.165, 1.54) is 11.0 Å². The number of aromatic nitrogens is 1. The second-order valence-corrected chi connectivity index (χ2v) is 7.45. The highest BCUT2D eigenvalue weighted by Crippen LogP contribution is 2.38. The second kappa shape index (κ2) is 7.47. The number of nitriles is 1. The van der Waals surface area contributed by atoms with E-state index in [-0.39, 0.29) is 22.9 Å². The number of fused-ring (bicyclic) bond motifs is 1. The number of halogens is 3. The average Bonchev–Trinajstić information content (AvgIpc) is 3.14. The molecule has 1 aliphatic heterocycles. The van der Waals surface area contributed by atoms with Gasteiger partial charge in [-0.05, 0) is 49.7 Å². The maximum absolute atomic E-state index is 13.5. The van der Waals surface area contributed by atoms with Gasteiger partial charge in [0.1, 0.15) is 0 Å². The Morgan fingerprint density at radius 2 is 1.97 bits per heavy atom. The summed E-state index contributed by atoms with van der Waals surface area (Å²) in [5.41, 5.74) is 0.111. The number of anilines is 1. The average molecular weight is 426 g/mol. The van der Waals surface area contributed by atoms with Crippen LogP contribution in [0.3, 0.4) is 0 Å². The largest absolute Gasteiger partial charge is 0.417 e. The molecule has 1 unspecified atom stereocenters. The Bertz CT molecular complexity index is 1240. The van der Waals surface area contributed by atoms with Gasteiger partial charge in [-0.25, -0.2) is 0 Å². The van der Waals surface area contributed by atoms with Gasteiger partial charge in [0, 0.05) is 40.4 Å². The van der Waals surface area contributed by atoms with Crippen molar-refractivity contribution < 1.29 is 22.8 Å². The van der Waals surface area contributed by atoms with Gasteiger partial charge in [-0.3, -0.25) is 9.59 Å². The fraction of sp³-hybridized carbons (Fsp3) is 0.227. The van der Waals surface area contributed by atoms with Gasteiger partial charge in [-0.1, -0.05) is 6.07 Å². The zero-order valence-electron chi connectivity index (χ0n) is 16.4. The molecule has 1 fully saturated rings. The molecular formula is C22H17F3N4O2. The van der Waals surface area contributed by atoms with Gasteiger partial charge < -0.3 is 15.2 Å². The molecule has 2 heterocycles. The van der Waals surface area contributed by atoms with Crippen molar-refractivity contribution in [2.45, 2.75) is 25.6 Å². The first-order valence-electron chi connectivity index (χ1n) is 9.54. The molecule has 2 amide bonds. The third kappa shape index (κ3) is 3.84. The first-order chi connectivity index (χ1) is 14.7. The van der Waals surface area contributed by atoms with E-state index in [4.69, 9.17) is 5.26 Å². The summed E-state index contributed by atoms with van der Waals surface area (Å²) in [4.78, 5) is 28.8. The lowest BCUT2D eigenvalue weighted by molar-refractivity contribution is -0.148. The number of carbonyl (C=O) groups excluding carboxylic acids is 2. The van der Waals surface area contributed by atoms with Crippen LogP contribution < -0.4 is 5.32 Å². The Morgan fingerprint density at radius 1 is 1.19 bits per heavy atom. The highest BCUT2D eigenvalue weighted by atomic mass is 19.4. The summed E-state index contributed by atoms with van der Waals surface area (Å²) in [6, 6.07) is 11.4. The number of nitrogens with zero attached hydrogens (tertiary/aromatic N) is 2. The lowest BCUT2D eigenvalue weighted by Crippen LogP contribution is -2.53. The smallest absolute Gasteiger partial charge is 0.354 e. The quantitative estimate of drug-likeness (QED) is 0.600. The van der Waals surface area contributed by atoms with E-state index in [1.807, 2.05) is 13.0 Å². The Hall–Kier alpha value is -3.80. The van der Waals surface area contributed by atoms with Crippen LogP contribution in [0.4, 0.5) is 18.9 Å². The molecule has 0 bridgehead atoms. The summed E-state index contributed by atoms with van der Waals surface area (Å²) < 4.78 is 40.4. The summed E-state index contributed by atoms with van der Waals surface area (Å²) in [6.45, 7) is 2.40. The fourth-order valence-corrected chi connectivity index (χ4v) is 3.57. The van der Waals surface area contributed by atoms with Gasteiger partial charge >= 0.3 is 18.0 Å². The minimum Gasteiger partial charge on any atom is -0.354 e. The maximum Gasteiger partial charge on any atom is 0.417 e. The van der Waals surface area contributed by atoms with Gasteiger partial charge in [-0.15, -0.1) is 0 Å². The van der Waals surface area contributed by atoms with Crippen molar-refractivity contribution in [1.29, 1.82) is 5.26 Å². The number of carbonyl (C=O) groups is 2. The van der Waals surface area contributed by atoms with Crippen LogP contribution in [0.2, 0.25) is 0 Å². The molecule has 31 heavy (non-hydrogen) atoms. The van der Waals surface area contributed by atoms with Gasteiger partial charge in [-0.2, -0.15) is 18.4 Å². The summed E-state index contributed by atoms with van der Waals surface area (Å²) in [5, 5.41) is 12.2. The fourth-order valence-electron chi connectivity index (χ4n) is 3.57. The van der Waals surface area contributed by atoms with Crippen molar-refractivity contribution in [3.05, 3.63) is 53.6 Å². The third-order valence-corrected chi connectivity index (χ3v) is 5.40. The zero-order valence-corrected chi connectivity index (χ0v) is 16.4. The summed E-state index contributed by atoms with van der Waals surface area (Å²) >= 11 is 0. The topological polar surface area (TPSA) is 89.0 Å². The number of hydrogen-bond donors (Lipinski definition) is 2. The molecule has 0 saturated carbocycles. The highest BCUT2D eigenvalue weighted by molar-refractivity contribution is 6.39. The lowest BCUT2D eigenvalue weighted by atomic mass is 10.0. The number of nitrogens with one attached hydrogen (secondary N) is 2. The molecule has 1 atom stereocenters. The van der Waals surface area contributed by atoms with Crippen molar-refractivity contribution in [3.63, 3.8) is 0 Å². The van der Waals surface area contributed by atoms with E-state index in [0.717, 1.165) is 18.6 Å². The second-order valence-electron chi connectivity index (χ2n) is 7.45. The van der Waals surface area contributed by atoms with Gasteiger partial charge in [0.05, 0.1) is 17.2 Å². The highest BCUT2D eigenvalue weighted by Gasteiger charge is 2.34. The van der Waals surface area contributed by atoms with Crippen LogP contribution in [0.5, 0.6) is 0 Å². The molecule has 158 valence electrons. The van der Waals surface area contributed by atoms with Crippen LogP contribution >= 0.6 is 0 Å². The van der Waals surface area contributed by atoms with Crippen LogP contribution in [0, 0.1) is 11.3 Å². The van der Waals surface area contributed by atoms with Crippen molar-refractivity contribution in [3.8, 4) is 17.3 Å². The van der Waals surface area contributed by atoms with E-state index in [9.17, 15) is 22.8 Å². The van der Waals surface area contributed by atoms with E-state index < -0.39 is 23.6 Å². The zero-order chi connectivity index (χ0) is 22.3. The molecule has 3 aromatic rings. The van der Waals surface area contributed by atoms with Crippen LogP contribution in [0.25, 0.3) is 22.2 Å². The van der Waals surface area contributed by atoms with Crippen LogP contribution in [-0.2, 0) is 15.8 Å². The summed E-state index contributed by atoms with van der Waals surface area (Å²) in [5.74, 6) is -1.38. The molecule has 9 heteroatoms. The maximum atomic E-state index is 13.5. The molecule has 0 spiro atoms. The van der Waals surface area contributed by atoms with Crippen molar-refractivity contribution in [1.82, 2.24) is 9.88 Å². The van der Waals surface area contributed by atoms with Crippen molar-refractivity contribution in [2.24, 2.45) is 0 Å². The summed E-state index contributed by atoms with van der Waals surface area (Å²) in [6.07, 6.45) is -3.74. The molecule has 1 saturated heterocycles. The first kappa shape index (κ1) is 20.5. The van der Waals surface area contributed by atoms with Gasteiger partial charge in [0.25, 0.3) is 0 Å². The first-order valence-corrected chi connectivity index (χ1v) is 9.54. The lowest BCUT2D eigenvalue weighted by Gasteiger charge is -2.37. The molecule has 1 aromatic heterocycles. The molecule has 6 nitrogen and oxygen atoms in total. The Balaban J connectivity index is 1.65. The predicted molar refractivity (Wildman–Crippen MR) is 108 cm³/mol. The minimum absolute atomic E-state index is 0.0266. The molecule has 0 aliphatic carbocycles. The van der Waals surface area contributed by atoms with Gasteiger partial charge in [0.15, 0.2) is 0 Å². The number of H-pyrrole nitrogens is 1. The third-order valence-electron chi connectivity index (χ3n) is 5.40. The van der Waals surface area contributed by atoms with E-state index in [0.29, 0.717) is 23.1 Å². The summed E-state index contributed by atoms with van der Waals surface area (Å²) in [7, 11) is 0. The van der Waals surface area contributed by atoms with Crippen LogP contribution in [0.1, 0.15) is 24.5 Å². The predicted octanol–water partition coefficient (Wildman–Crippen LogP) is 4.28. The monoisotopic (exact) mass is 426 g/mol. The van der Waals surface area contributed by atoms with E-state index >= 15 is 0 Å². The normalized spacial score (nSPS) is 16.0. The molecule has 4 rings (SSSR count). The molecule has 2 N–H and O–H groups in total. The van der Waals surface area contributed by atoms with Gasteiger partial charge in [0.2, 0.25) is 0 Å². The number of aromatic amines is 1. The Morgan fingerprint density at radius 3 is 2.58 bits per heavy atom. The van der Waals surface area contributed by atoms with E-state index in [2.05, 4.69) is 10.3 Å². The molecule has 2 aromatic carbocycles. The molecular weight excluding hydrogens is 409 g/mol. The number of rotatable bonds is 2. The van der Waals surface area contributed by atoms with Crippen molar-refractivity contribution >= 4 is 28.4 Å². The van der Waals surface area contributed by atoms with Crippen molar-refractivity contribution in [2.75, 3.05) is 11.9 Å². The van der Waals surface area contributed by atoms with Crippen LogP contribution in [0.15, 0.2) is 42.5 Å². The Labute approximate surface area is 175 Å². The Kier molecular flexibility index (Phi) is 4.93. The SMILES string of the molecule is CC1CCN1C(=O)C(=O)Nc1ccc2cc(-c3cc(C#N)ccc3C(F)(F)F)[nH]c2c1. The molecule has 0 radical (unpaired) electrons. The standard InChI is InChI=1S/C22H17F3N4O2/c1-12-6-7-29(12)21(31)20(30)27-15-4-3-14-9-19(28-18(14)10-15)16-8-13(11-26)2-5-17(16)22(23,24)25/h2-5,8-10,12,28H,6-7H2,1H3,(H,27,30). The minimum atomic E-state index is -4.59.